The van der Waals surface area contributed by atoms with Gasteiger partial charge in [-0.15, -0.1) is 0 Å². The fourth-order valence-corrected chi connectivity index (χ4v) is 3.35. The Labute approximate surface area is 147 Å². The Balaban J connectivity index is 1.83. The molecule has 24 heavy (non-hydrogen) atoms. The average molecular weight is 345 g/mol. The van der Waals surface area contributed by atoms with E-state index in [-0.39, 0.29) is 0 Å². The highest BCUT2D eigenvalue weighted by atomic mass is 35.5. The fraction of sp³-hybridized carbons (Fsp3) is 0.316. The van der Waals surface area contributed by atoms with Crippen LogP contribution < -0.4 is 4.90 Å². The number of carboxylic acids is 1. The van der Waals surface area contributed by atoms with E-state index < -0.39 is 12.0 Å². The SMILES string of the molecule is CN(C)c1ccc(CN2Cc3cc(Cl)ccc3CC2C(=O)O)cc1. The van der Waals surface area contributed by atoms with Gasteiger partial charge in [-0.3, -0.25) is 9.69 Å². The summed E-state index contributed by atoms with van der Waals surface area (Å²) in [7, 11) is 4.00. The lowest BCUT2D eigenvalue weighted by Crippen LogP contribution is -2.45. The molecule has 1 heterocycles. The maximum atomic E-state index is 11.7. The number of hydrogen-bond acceptors (Lipinski definition) is 3. The van der Waals surface area contributed by atoms with Gasteiger partial charge in [0.05, 0.1) is 0 Å². The highest BCUT2D eigenvalue weighted by Gasteiger charge is 2.31. The highest BCUT2D eigenvalue weighted by molar-refractivity contribution is 6.30. The lowest BCUT2D eigenvalue weighted by molar-refractivity contribution is -0.144. The van der Waals surface area contributed by atoms with Gasteiger partial charge in [0.2, 0.25) is 0 Å². The Hall–Kier alpha value is -2.04. The Kier molecular flexibility index (Phi) is 4.78. The first kappa shape index (κ1) is 16.8. The van der Waals surface area contributed by atoms with E-state index in [0.717, 1.165) is 22.4 Å². The van der Waals surface area contributed by atoms with Gasteiger partial charge in [0.25, 0.3) is 0 Å². The fourth-order valence-electron chi connectivity index (χ4n) is 3.15. The van der Waals surface area contributed by atoms with Crippen LogP contribution in [0.5, 0.6) is 0 Å². The van der Waals surface area contributed by atoms with Gasteiger partial charge >= 0.3 is 5.97 Å². The van der Waals surface area contributed by atoms with Crippen LogP contribution in [-0.4, -0.2) is 36.1 Å². The largest absolute Gasteiger partial charge is 0.480 e. The van der Waals surface area contributed by atoms with Crippen LogP contribution in [0.4, 0.5) is 5.69 Å². The average Bonchev–Trinajstić information content (AvgIpc) is 2.54. The molecule has 0 spiro atoms. The molecule has 1 aliphatic heterocycles. The van der Waals surface area contributed by atoms with Crippen LogP contribution in [0.15, 0.2) is 42.5 Å². The minimum atomic E-state index is -0.777. The van der Waals surface area contributed by atoms with Gasteiger partial charge in [-0.25, -0.2) is 0 Å². The van der Waals surface area contributed by atoms with Gasteiger partial charge in [0.1, 0.15) is 6.04 Å². The van der Waals surface area contributed by atoms with Crippen molar-refractivity contribution >= 4 is 23.3 Å². The molecule has 1 atom stereocenters. The molecule has 0 aliphatic carbocycles. The molecule has 0 saturated heterocycles. The zero-order chi connectivity index (χ0) is 17.3. The number of benzene rings is 2. The molecule has 1 aliphatic rings. The van der Waals surface area contributed by atoms with Crippen LogP contribution in [0.1, 0.15) is 16.7 Å². The van der Waals surface area contributed by atoms with E-state index >= 15 is 0 Å². The summed E-state index contributed by atoms with van der Waals surface area (Å²) >= 11 is 6.09. The van der Waals surface area contributed by atoms with Gasteiger partial charge in [-0.2, -0.15) is 0 Å². The molecular formula is C19H21ClN2O2. The van der Waals surface area contributed by atoms with Crippen molar-refractivity contribution < 1.29 is 9.90 Å². The van der Waals surface area contributed by atoms with Gasteiger partial charge in [0.15, 0.2) is 0 Å². The van der Waals surface area contributed by atoms with Gasteiger partial charge in [-0.1, -0.05) is 29.8 Å². The zero-order valence-corrected chi connectivity index (χ0v) is 14.6. The highest BCUT2D eigenvalue weighted by Crippen LogP contribution is 2.28. The lowest BCUT2D eigenvalue weighted by atomic mass is 9.93. The van der Waals surface area contributed by atoms with E-state index in [1.165, 1.54) is 0 Å². The number of halogens is 1. The summed E-state index contributed by atoms with van der Waals surface area (Å²) in [6.45, 7) is 1.21. The Morgan fingerprint density at radius 1 is 1.21 bits per heavy atom. The second-order valence-corrected chi connectivity index (χ2v) is 6.87. The van der Waals surface area contributed by atoms with Crippen LogP contribution in [0.25, 0.3) is 0 Å². The van der Waals surface area contributed by atoms with Crippen molar-refractivity contribution in [1.82, 2.24) is 4.90 Å². The zero-order valence-electron chi connectivity index (χ0n) is 13.9. The normalized spacial score (nSPS) is 17.4. The minimum absolute atomic E-state index is 0.507. The van der Waals surface area contributed by atoms with Gasteiger partial charge in [0, 0.05) is 37.9 Å². The first-order valence-corrected chi connectivity index (χ1v) is 8.32. The molecule has 2 aromatic rings. The summed E-state index contributed by atoms with van der Waals surface area (Å²) in [5.41, 5.74) is 4.43. The van der Waals surface area contributed by atoms with E-state index in [1.807, 2.05) is 42.1 Å². The molecule has 0 saturated carbocycles. The topological polar surface area (TPSA) is 43.8 Å². The molecule has 126 valence electrons. The maximum Gasteiger partial charge on any atom is 0.321 e. The number of anilines is 1. The number of rotatable bonds is 4. The van der Waals surface area contributed by atoms with E-state index in [0.29, 0.717) is 24.5 Å². The van der Waals surface area contributed by atoms with E-state index in [9.17, 15) is 9.90 Å². The third kappa shape index (κ3) is 3.55. The number of fused-ring (bicyclic) bond motifs is 1. The van der Waals surface area contributed by atoms with Gasteiger partial charge in [-0.05, 0) is 47.4 Å². The predicted octanol–water partition coefficient (Wildman–Crippen LogP) is 3.42. The van der Waals surface area contributed by atoms with E-state index in [4.69, 9.17) is 11.6 Å². The molecule has 0 fully saturated rings. The molecule has 1 N–H and O–H groups in total. The van der Waals surface area contributed by atoms with E-state index in [2.05, 4.69) is 24.3 Å². The summed E-state index contributed by atoms with van der Waals surface area (Å²) in [5.74, 6) is -0.777. The molecular weight excluding hydrogens is 324 g/mol. The molecule has 2 aromatic carbocycles. The minimum Gasteiger partial charge on any atom is -0.480 e. The summed E-state index contributed by atoms with van der Waals surface area (Å²) in [4.78, 5) is 15.8. The van der Waals surface area contributed by atoms with Crippen molar-refractivity contribution in [3.05, 3.63) is 64.2 Å². The number of aliphatic carboxylic acids is 1. The quantitative estimate of drug-likeness (QED) is 0.923. The smallest absolute Gasteiger partial charge is 0.321 e. The van der Waals surface area contributed by atoms with Gasteiger partial charge < -0.3 is 10.0 Å². The predicted molar refractivity (Wildman–Crippen MR) is 96.6 cm³/mol. The monoisotopic (exact) mass is 344 g/mol. The van der Waals surface area contributed by atoms with E-state index in [1.54, 1.807) is 0 Å². The van der Waals surface area contributed by atoms with Crippen molar-refractivity contribution in [2.24, 2.45) is 0 Å². The molecule has 5 heteroatoms. The third-order valence-corrected chi connectivity index (χ3v) is 4.75. The summed E-state index contributed by atoms with van der Waals surface area (Å²) in [6.07, 6.45) is 0.512. The lowest BCUT2D eigenvalue weighted by Gasteiger charge is -2.34. The molecule has 0 bridgehead atoms. The second-order valence-electron chi connectivity index (χ2n) is 6.44. The van der Waals surface area contributed by atoms with Crippen LogP contribution in [0, 0.1) is 0 Å². The number of carboxylic acid groups (broad SMARTS) is 1. The second kappa shape index (κ2) is 6.83. The maximum absolute atomic E-state index is 11.7. The Morgan fingerprint density at radius 2 is 1.92 bits per heavy atom. The van der Waals surface area contributed by atoms with Crippen LogP contribution in [0.2, 0.25) is 5.02 Å². The standard InChI is InChI=1S/C19H21ClN2O2/c1-21(2)17-7-3-13(4-8-17)11-22-12-15-9-16(20)6-5-14(15)10-18(22)19(23)24/h3-9,18H,10-12H2,1-2H3,(H,23,24). The number of hydrogen-bond donors (Lipinski definition) is 1. The Bertz CT molecular complexity index is 744. The molecule has 3 rings (SSSR count). The molecule has 1 unspecified atom stereocenters. The number of carbonyl (C=O) groups is 1. The van der Waals surface area contributed by atoms with Crippen LogP contribution in [0.3, 0.4) is 0 Å². The van der Waals surface area contributed by atoms with Crippen molar-refractivity contribution in [1.29, 1.82) is 0 Å². The van der Waals surface area contributed by atoms with Crippen LogP contribution in [-0.2, 0) is 24.3 Å². The summed E-state index contributed by atoms with van der Waals surface area (Å²) in [6, 6.07) is 13.4. The van der Waals surface area contributed by atoms with Crippen molar-refractivity contribution in [3.63, 3.8) is 0 Å². The molecule has 0 radical (unpaired) electrons. The molecule has 4 nitrogen and oxygen atoms in total. The molecule has 0 aromatic heterocycles. The van der Waals surface area contributed by atoms with Crippen molar-refractivity contribution in [2.75, 3.05) is 19.0 Å². The third-order valence-electron chi connectivity index (χ3n) is 4.52. The summed E-state index contributed by atoms with van der Waals surface area (Å²) < 4.78 is 0. The number of nitrogens with zero attached hydrogens (tertiary/aromatic N) is 2. The first-order chi connectivity index (χ1) is 11.4. The van der Waals surface area contributed by atoms with Crippen LogP contribution >= 0.6 is 11.6 Å². The Morgan fingerprint density at radius 3 is 2.54 bits per heavy atom. The van der Waals surface area contributed by atoms with Crippen molar-refractivity contribution in [3.8, 4) is 0 Å². The summed E-state index contributed by atoms with van der Waals surface area (Å²) in [5, 5.41) is 10.3. The van der Waals surface area contributed by atoms with Crippen molar-refractivity contribution in [2.45, 2.75) is 25.6 Å². The first-order valence-electron chi connectivity index (χ1n) is 7.94. The molecule has 0 amide bonds.